The maximum absolute atomic E-state index is 12.6. The number of hydrogen-bond acceptors (Lipinski definition) is 7. The molecule has 1 aromatic heterocycles. The first-order chi connectivity index (χ1) is 11.5. The molecule has 7 nitrogen and oxygen atoms in total. The highest BCUT2D eigenvalue weighted by molar-refractivity contribution is 8.00. The molecule has 0 amide bonds. The van der Waals surface area contributed by atoms with Gasteiger partial charge in [-0.2, -0.15) is 0 Å². The summed E-state index contributed by atoms with van der Waals surface area (Å²) < 4.78 is 10.6. The number of ether oxygens (including phenoxy) is 2. The first-order valence-electron chi connectivity index (χ1n) is 7.02. The van der Waals surface area contributed by atoms with Gasteiger partial charge in [0.05, 0.1) is 18.1 Å². The van der Waals surface area contributed by atoms with Crippen LogP contribution in [-0.4, -0.2) is 34.4 Å². The van der Waals surface area contributed by atoms with Gasteiger partial charge in [-0.1, -0.05) is 35.2 Å². The molecule has 0 aliphatic carbocycles. The molecule has 1 aromatic carbocycles. The number of thiazole rings is 1. The molecule has 4 rings (SSSR count). The fourth-order valence-electron chi connectivity index (χ4n) is 3.17. The number of aliphatic carboxylic acids is 1. The Morgan fingerprint density at radius 1 is 1.38 bits per heavy atom. The third-order valence-corrected chi connectivity index (χ3v) is 6.54. The second-order valence-corrected chi connectivity index (χ2v) is 7.55. The van der Waals surface area contributed by atoms with Gasteiger partial charge in [0.2, 0.25) is 0 Å². The molecule has 3 heterocycles. The van der Waals surface area contributed by atoms with E-state index < -0.39 is 29.0 Å². The average molecular weight is 365 g/mol. The summed E-state index contributed by atoms with van der Waals surface area (Å²) >= 11 is 1.98. The van der Waals surface area contributed by atoms with E-state index in [9.17, 15) is 19.5 Å². The van der Waals surface area contributed by atoms with Crippen LogP contribution >= 0.6 is 23.1 Å². The summed E-state index contributed by atoms with van der Waals surface area (Å²) in [4.78, 5) is 39.1. The Morgan fingerprint density at radius 2 is 2.17 bits per heavy atom. The molecular formula is C15H11NO6S2. The average Bonchev–Trinajstić information content (AvgIpc) is 2.93. The third-order valence-electron chi connectivity index (χ3n) is 4.14. The van der Waals surface area contributed by atoms with Crippen LogP contribution in [-0.2, 0) is 9.59 Å². The van der Waals surface area contributed by atoms with Crippen molar-refractivity contribution in [2.45, 2.75) is 16.2 Å². The van der Waals surface area contributed by atoms with E-state index >= 15 is 0 Å². The molecule has 124 valence electrons. The molecule has 2 N–H and O–H groups in total. The second-order valence-electron chi connectivity index (χ2n) is 5.39. The number of hydrogen-bond donors (Lipinski definition) is 2. The van der Waals surface area contributed by atoms with Gasteiger partial charge in [0.1, 0.15) is 5.25 Å². The fourth-order valence-corrected chi connectivity index (χ4v) is 5.57. The summed E-state index contributed by atoms with van der Waals surface area (Å²) in [5.74, 6) is -2.49. The van der Waals surface area contributed by atoms with Crippen molar-refractivity contribution in [3.63, 3.8) is 0 Å². The van der Waals surface area contributed by atoms with Crippen molar-refractivity contribution in [1.29, 1.82) is 0 Å². The van der Waals surface area contributed by atoms with Gasteiger partial charge in [-0.3, -0.25) is 14.4 Å². The van der Waals surface area contributed by atoms with Crippen molar-refractivity contribution >= 4 is 35.0 Å². The normalized spacial score (nSPS) is 24.4. The number of fused-ring (bicyclic) bond motifs is 5. The maximum atomic E-state index is 12.6. The standard InChI is InChI=1S/C15H11NO6S2/c1-21-6-4-2-3-5-7-8(14(19)22-9(5)6)11(13(17)18)23-12-10(7)24-15(20)16-12/h2-4,7-8,11H,1H3,(H,16,20)(H,17,18). The molecule has 2 aliphatic heterocycles. The highest BCUT2D eigenvalue weighted by Crippen LogP contribution is 2.55. The highest BCUT2D eigenvalue weighted by atomic mass is 32.2. The van der Waals surface area contributed by atoms with Crippen molar-refractivity contribution < 1.29 is 24.2 Å². The Morgan fingerprint density at radius 3 is 2.88 bits per heavy atom. The summed E-state index contributed by atoms with van der Waals surface area (Å²) in [6.45, 7) is 0. The summed E-state index contributed by atoms with van der Waals surface area (Å²) in [7, 11) is 1.46. The lowest BCUT2D eigenvalue weighted by molar-refractivity contribution is -0.147. The van der Waals surface area contributed by atoms with Crippen LogP contribution in [0, 0.1) is 5.92 Å². The Balaban J connectivity index is 1.99. The van der Waals surface area contributed by atoms with Crippen LogP contribution < -0.4 is 14.3 Å². The van der Waals surface area contributed by atoms with Crippen LogP contribution in [0.15, 0.2) is 28.0 Å². The van der Waals surface area contributed by atoms with E-state index in [1.165, 1.54) is 7.11 Å². The molecule has 0 bridgehead atoms. The number of thioether (sulfide) groups is 1. The van der Waals surface area contributed by atoms with E-state index in [1.54, 1.807) is 18.2 Å². The smallest absolute Gasteiger partial charge is 0.317 e. The Bertz CT molecular complexity index is 917. The first-order valence-corrected chi connectivity index (χ1v) is 8.72. The van der Waals surface area contributed by atoms with Crippen LogP contribution in [0.25, 0.3) is 0 Å². The molecular weight excluding hydrogens is 354 g/mol. The number of esters is 1. The van der Waals surface area contributed by atoms with E-state index in [-0.39, 0.29) is 10.6 Å². The van der Waals surface area contributed by atoms with Crippen molar-refractivity contribution in [2.24, 2.45) is 5.92 Å². The summed E-state index contributed by atoms with van der Waals surface area (Å²) in [6, 6.07) is 5.19. The van der Waals surface area contributed by atoms with Gasteiger partial charge in [0, 0.05) is 16.4 Å². The highest BCUT2D eigenvalue weighted by Gasteiger charge is 2.52. The number of H-pyrrole nitrogens is 1. The van der Waals surface area contributed by atoms with E-state index in [2.05, 4.69) is 4.98 Å². The minimum atomic E-state index is -1.11. The van der Waals surface area contributed by atoms with Gasteiger partial charge in [0.25, 0.3) is 0 Å². The number of para-hydroxylation sites is 1. The number of benzene rings is 1. The predicted molar refractivity (Wildman–Crippen MR) is 86.2 cm³/mol. The molecule has 0 saturated heterocycles. The van der Waals surface area contributed by atoms with E-state index in [1.807, 2.05) is 0 Å². The van der Waals surface area contributed by atoms with E-state index in [4.69, 9.17) is 9.47 Å². The Kier molecular flexibility index (Phi) is 3.43. The zero-order valence-corrected chi connectivity index (χ0v) is 13.9. The number of carboxylic acids is 1. The van der Waals surface area contributed by atoms with Crippen LogP contribution in [0.5, 0.6) is 11.5 Å². The number of aromatic amines is 1. The van der Waals surface area contributed by atoms with E-state index in [0.29, 0.717) is 21.2 Å². The van der Waals surface area contributed by atoms with Crippen molar-refractivity contribution in [1.82, 2.24) is 4.98 Å². The Hall–Kier alpha value is -2.26. The molecule has 2 aliphatic rings. The van der Waals surface area contributed by atoms with E-state index in [0.717, 1.165) is 23.1 Å². The molecule has 2 aromatic rings. The van der Waals surface area contributed by atoms with Gasteiger partial charge in [0.15, 0.2) is 11.5 Å². The van der Waals surface area contributed by atoms with Crippen LogP contribution in [0.3, 0.4) is 0 Å². The summed E-state index contributed by atoms with van der Waals surface area (Å²) in [5.41, 5.74) is 0.655. The summed E-state index contributed by atoms with van der Waals surface area (Å²) in [5, 5.41) is 9.01. The van der Waals surface area contributed by atoms with Crippen LogP contribution in [0.1, 0.15) is 16.4 Å². The monoisotopic (exact) mass is 365 g/mol. The third kappa shape index (κ3) is 2.08. The number of carbonyl (C=O) groups is 2. The molecule has 3 atom stereocenters. The first kappa shape index (κ1) is 15.3. The molecule has 0 radical (unpaired) electrons. The Labute approximate surface area is 143 Å². The lowest BCUT2D eigenvalue weighted by Gasteiger charge is -2.37. The van der Waals surface area contributed by atoms with Crippen LogP contribution in [0.2, 0.25) is 0 Å². The molecule has 0 fully saturated rings. The number of carboxylic acid groups (broad SMARTS) is 1. The molecule has 3 unspecified atom stereocenters. The summed E-state index contributed by atoms with van der Waals surface area (Å²) in [6.07, 6.45) is 0. The van der Waals surface area contributed by atoms with Gasteiger partial charge in [-0.15, -0.1) is 0 Å². The molecule has 24 heavy (non-hydrogen) atoms. The number of nitrogens with one attached hydrogen (secondary N) is 1. The quantitative estimate of drug-likeness (QED) is 0.616. The lowest BCUT2D eigenvalue weighted by Crippen LogP contribution is -2.44. The van der Waals surface area contributed by atoms with Crippen molar-refractivity contribution in [3.05, 3.63) is 38.3 Å². The minimum absolute atomic E-state index is 0.277. The minimum Gasteiger partial charge on any atom is -0.493 e. The van der Waals surface area contributed by atoms with Crippen LogP contribution in [0.4, 0.5) is 0 Å². The zero-order valence-electron chi connectivity index (χ0n) is 12.3. The number of carbonyl (C=O) groups excluding carboxylic acids is 1. The number of rotatable bonds is 2. The zero-order chi connectivity index (χ0) is 17.0. The fraction of sp³-hybridized carbons (Fsp3) is 0.267. The largest absolute Gasteiger partial charge is 0.493 e. The molecule has 0 saturated carbocycles. The van der Waals surface area contributed by atoms with Gasteiger partial charge < -0.3 is 19.6 Å². The molecule has 0 spiro atoms. The van der Waals surface area contributed by atoms with Gasteiger partial charge >= 0.3 is 16.8 Å². The SMILES string of the molecule is COc1cccc2c1OC(=O)C1C(C(=O)O)Sc3[nH]c(=O)sc3C21. The second kappa shape index (κ2) is 5.38. The lowest BCUT2D eigenvalue weighted by atomic mass is 9.80. The topological polar surface area (TPSA) is 106 Å². The number of aromatic nitrogens is 1. The predicted octanol–water partition coefficient (Wildman–Crippen LogP) is 1.67. The molecule has 9 heteroatoms. The maximum Gasteiger partial charge on any atom is 0.317 e. The van der Waals surface area contributed by atoms with Gasteiger partial charge in [-0.25, -0.2) is 0 Å². The van der Waals surface area contributed by atoms with Crippen molar-refractivity contribution in [3.8, 4) is 11.5 Å². The number of methoxy groups -OCH3 is 1. The van der Waals surface area contributed by atoms with Crippen molar-refractivity contribution in [2.75, 3.05) is 7.11 Å². The van der Waals surface area contributed by atoms with Gasteiger partial charge in [-0.05, 0) is 6.07 Å².